The van der Waals surface area contributed by atoms with Gasteiger partial charge in [-0.25, -0.2) is 4.79 Å². The normalized spacial score (nSPS) is 18.0. The van der Waals surface area contributed by atoms with Crippen LogP contribution in [0.3, 0.4) is 0 Å². The van der Waals surface area contributed by atoms with E-state index in [0.717, 1.165) is 43.0 Å². The number of fused-ring (bicyclic) bond motifs is 1. The van der Waals surface area contributed by atoms with Gasteiger partial charge in [0, 0.05) is 44.8 Å². The molecule has 1 fully saturated rings. The molecule has 1 atom stereocenters. The maximum atomic E-state index is 13.4. The molecule has 1 aromatic heterocycles. The van der Waals surface area contributed by atoms with Crippen LogP contribution in [0, 0.1) is 11.3 Å². The molecular weight excluding hydrogens is 388 g/mol. The lowest BCUT2D eigenvalue weighted by molar-refractivity contribution is 0.214. The molecule has 2 amide bonds. The molecule has 5 rings (SSSR count). The Balaban J connectivity index is 1.34. The van der Waals surface area contributed by atoms with E-state index in [2.05, 4.69) is 27.2 Å². The fraction of sp³-hybridized carbons (Fsp3) is 0.292. The van der Waals surface area contributed by atoms with Gasteiger partial charge in [0.25, 0.3) is 0 Å². The van der Waals surface area contributed by atoms with Crippen molar-refractivity contribution in [3.63, 3.8) is 0 Å². The third-order valence-corrected chi connectivity index (χ3v) is 6.22. The topological polar surface area (TPSA) is 79.3 Å². The van der Waals surface area contributed by atoms with Gasteiger partial charge in [-0.3, -0.25) is 10.00 Å². The van der Waals surface area contributed by atoms with E-state index >= 15 is 0 Å². The molecule has 1 unspecified atom stereocenters. The summed E-state index contributed by atoms with van der Waals surface area (Å²) in [6, 6.07) is 18.1. The van der Waals surface area contributed by atoms with E-state index in [1.807, 2.05) is 64.7 Å². The highest BCUT2D eigenvalue weighted by molar-refractivity contribution is 5.97. The van der Waals surface area contributed by atoms with Crippen molar-refractivity contribution in [3.8, 4) is 6.07 Å². The van der Waals surface area contributed by atoms with Gasteiger partial charge in [-0.1, -0.05) is 24.3 Å². The first-order chi connectivity index (χ1) is 15.2. The molecule has 3 heterocycles. The number of nitrogens with zero attached hydrogens (tertiary/aromatic N) is 5. The van der Waals surface area contributed by atoms with Crippen molar-refractivity contribution < 1.29 is 4.79 Å². The van der Waals surface area contributed by atoms with Crippen molar-refractivity contribution in [3.05, 3.63) is 77.6 Å². The number of aromatic nitrogens is 2. The van der Waals surface area contributed by atoms with Gasteiger partial charge in [-0.15, -0.1) is 0 Å². The maximum absolute atomic E-state index is 13.4. The Labute approximate surface area is 181 Å². The number of nitrogens with one attached hydrogen (secondary N) is 1. The summed E-state index contributed by atoms with van der Waals surface area (Å²) in [6.45, 7) is 3.58. The summed E-state index contributed by atoms with van der Waals surface area (Å²) < 4.78 is 0. The molecule has 0 aliphatic carbocycles. The van der Waals surface area contributed by atoms with Gasteiger partial charge in [0.2, 0.25) is 0 Å². The SMILES string of the molecule is N#Cc1cccc(CN2CCN(C(=O)N3CCC(c4cn[nH]c4)C3)c3ccccc32)c1. The van der Waals surface area contributed by atoms with E-state index in [4.69, 9.17) is 0 Å². The van der Waals surface area contributed by atoms with Gasteiger partial charge in [0.15, 0.2) is 0 Å². The smallest absolute Gasteiger partial charge is 0.324 e. The van der Waals surface area contributed by atoms with Crippen LogP contribution in [-0.4, -0.2) is 47.3 Å². The van der Waals surface area contributed by atoms with Crippen LogP contribution in [0.5, 0.6) is 0 Å². The molecule has 0 radical (unpaired) electrons. The number of rotatable bonds is 3. The van der Waals surface area contributed by atoms with E-state index in [1.165, 1.54) is 5.56 Å². The molecule has 0 bridgehead atoms. The summed E-state index contributed by atoms with van der Waals surface area (Å²) in [5.41, 5.74) is 4.93. The van der Waals surface area contributed by atoms with Crippen LogP contribution < -0.4 is 9.80 Å². The van der Waals surface area contributed by atoms with E-state index in [9.17, 15) is 10.1 Å². The first kappa shape index (κ1) is 19.2. The van der Waals surface area contributed by atoms with Gasteiger partial charge in [0.1, 0.15) is 0 Å². The summed E-state index contributed by atoms with van der Waals surface area (Å²) in [7, 11) is 0. The monoisotopic (exact) mass is 412 g/mol. The first-order valence-corrected chi connectivity index (χ1v) is 10.6. The number of para-hydroxylation sites is 2. The number of carbonyl (C=O) groups excluding carboxylic acids is 1. The third kappa shape index (κ3) is 3.73. The zero-order valence-electron chi connectivity index (χ0n) is 17.2. The van der Waals surface area contributed by atoms with Crippen LogP contribution in [0.25, 0.3) is 0 Å². The van der Waals surface area contributed by atoms with Gasteiger partial charge in [0.05, 0.1) is 29.2 Å². The summed E-state index contributed by atoms with van der Waals surface area (Å²) in [4.78, 5) is 19.6. The molecule has 1 N–H and O–H groups in total. The van der Waals surface area contributed by atoms with E-state index < -0.39 is 0 Å². The molecule has 3 aromatic rings. The Morgan fingerprint density at radius 1 is 1.13 bits per heavy atom. The standard InChI is InChI=1S/C24H24N6O/c25-13-18-4-3-5-19(12-18)16-28-10-11-30(23-7-2-1-6-22(23)28)24(31)29-9-8-20(17-29)21-14-26-27-15-21/h1-7,12,14-15,20H,8-11,16-17H2,(H,26,27). The molecule has 7 heteroatoms. The molecule has 31 heavy (non-hydrogen) atoms. The van der Waals surface area contributed by atoms with Gasteiger partial charge in [-0.2, -0.15) is 10.4 Å². The fourth-order valence-electron chi connectivity index (χ4n) is 4.60. The minimum atomic E-state index is 0.0737. The van der Waals surface area contributed by atoms with Crippen molar-refractivity contribution >= 4 is 17.4 Å². The van der Waals surface area contributed by atoms with E-state index in [0.29, 0.717) is 24.6 Å². The van der Waals surface area contributed by atoms with Crippen molar-refractivity contribution in [1.29, 1.82) is 5.26 Å². The van der Waals surface area contributed by atoms with E-state index in [-0.39, 0.29) is 6.03 Å². The average Bonchev–Trinajstić information content (AvgIpc) is 3.51. The van der Waals surface area contributed by atoms with Crippen LogP contribution in [-0.2, 0) is 6.54 Å². The Morgan fingerprint density at radius 2 is 2.00 bits per heavy atom. The number of urea groups is 1. The second-order valence-electron chi connectivity index (χ2n) is 8.12. The summed E-state index contributed by atoms with van der Waals surface area (Å²) in [5.74, 6) is 0.339. The molecule has 0 spiro atoms. The number of amides is 2. The van der Waals surface area contributed by atoms with Crippen molar-refractivity contribution in [2.24, 2.45) is 0 Å². The first-order valence-electron chi connectivity index (χ1n) is 10.6. The number of aromatic amines is 1. The lowest BCUT2D eigenvalue weighted by atomic mass is 10.0. The van der Waals surface area contributed by atoms with Crippen LogP contribution in [0.2, 0.25) is 0 Å². The molecule has 7 nitrogen and oxygen atoms in total. The molecule has 0 saturated carbocycles. The van der Waals surface area contributed by atoms with Crippen LogP contribution in [0.4, 0.5) is 16.2 Å². The molecular formula is C24H24N6O. The molecule has 2 aliphatic rings. The Bertz CT molecular complexity index is 1120. The lowest BCUT2D eigenvalue weighted by Crippen LogP contribution is -2.49. The number of anilines is 2. The fourth-order valence-corrected chi connectivity index (χ4v) is 4.60. The highest BCUT2D eigenvalue weighted by Gasteiger charge is 2.34. The number of H-pyrrole nitrogens is 1. The molecule has 156 valence electrons. The number of benzene rings is 2. The number of likely N-dealkylation sites (tertiary alicyclic amines) is 1. The lowest BCUT2D eigenvalue weighted by Gasteiger charge is -2.39. The summed E-state index contributed by atoms with van der Waals surface area (Å²) in [6.07, 6.45) is 4.74. The predicted octanol–water partition coefficient (Wildman–Crippen LogP) is 3.72. The van der Waals surface area contributed by atoms with Crippen LogP contribution in [0.1, 0.15) is 29.0 Å². The number of nitriles is 1. The van der Waals surface area contributed by atoms with Crippen molar-refractivity contribution in [1.82, 2.24) is 15.1 Å². The highest BCUT2D eigenvalue weighted by atomic mass is 16.2. The minimum absolute atomic E-state index is 0.0737. The highest BCUT2D eigenvalue weighted by Crippen LogP contribution is 2.36. The third-order valence-electron chi connectivity index (χ3n) is 6.22. The maximum Gasteiger partial charge on any atom is 0.324 e. The van der Waals surface area contributed by atoms with Gasteiger partial charge in [-0.05, 0) is 41.8 Å². The second-order valence-corrected chi connectivity index (χ2v) is 8.12. The van der Waals surface area contributed by atoms with Gasteiger partial charge < -0.3 is 9.80 Å². The zero-order valence-corrected chi connectivity index (χ0v) is 17.2. The summed E-state index contributed by atoms with van der Waals surface area (Å²) in [5, 5.41) is 16.1. The number of carbonyl (C=O) groups is 1. The summed E-state index contributed by atoms with van der Waals surface area (Å²) >= 11 is 0. The quantitative estimate of drug-likeness (QED) is 0.711. The second kappa shape index (κ2) is 8.15. The number of hydrogen-bond donors (Lipinski definition) is 1. The molecule has 2 aromatic carbocycles. The van der Waals surface area contributed by atoms with Gasteiger partial charge >= 0.3 is 6.03 Å². The Kier molecular flexibility index (Phi) is 5.04. The molecule has 2 aliphatic heterocycles. The van der Waals surface area contributed by atoms with Crippen molar-refractivity contribution in [2.75, 3.05) is 36.0 Å². The molecule has 1 saturated heterocycles. The predicted molar refractivity (Wildman–Crippen MR) is 119 cm³/mol. The zero-order chi connectivity index (χ0) is 21.2. The van der Waals surface area contributed by atoms with Crippen LogP contribution in [0.15, 0.2) is 60.9 Å². The van der Waals surface area contributed by atoms with E-state index in [1.54, 1.807) is 0 Å². The minimum Gasteiger partial charge on any atom is -0.364 e. The van der Waals surface area contributed by atoms with Crippen LogP contribution >= 0.6 is 0 Å². The number of hydrogen-bond acceptors (Lipinski definition) is 4. The Hall–Kier alpha value is -3.79. The van der Waals surface area contributed by atoms with Crippen molar-refractivity contribution in [2.45, 2.75) is 18.9 Å². The largest absolute Gasteiger partial charge is 0.364 e. The average molecular weight is 412 g/mol. The Morgan fingerprint density at radius 3 is 2.81 bits per heavy atom.